The number of hydrogen-bond acceptors (Lipinski definition) is 5. The summed E-state index contributed by atoms with van der Waals surface area (Å²) >= 11 is 0. The van der Waals surface area contributed by atoms with Crippen molar-refractivity contribution in [1.82, 2.24) is 0 Å². The monoisotopic (exact) mass is 165 g/mol. The maximum Gasteiger partial charge on any atom is 0.151 e. The van der Waals surface area contributed by atoms with E-state index in [1.165, 1.54) is 6.92 Å². The summed E-state index contributed by atoms with van der Waals surface area (Å²) in [5.41, 5.74) is 0. The third kappa shape index (κ3) is 2.94. The van der Waals surface area contributed by atoms with Crippen molar-refractivity contribution in [3.8, 4) is 0 Å². The summed E-state index contributed by atoms with van der Waals surface area (Å²) < 4.78 is 6.41. The summed E-state index contributed by atoms with van der Waals surface area (Å²) in [5.74, 6) is 0. The number of carbonyl (C=O) groups is 1. The molecular formula is C6H12O5. The molecule has 0 aliphatic rings. The van der Waals surface area contributed by atoms with E-state index >= 15 is 0 Å². The lowest BCUT2D eigenvalue weighted by Crippen LogP contribution is -2.43. The molecule has 0 aromatic heterocycles. The van der Waals surface area contributed by atoms with Gasteiger partial charge in [0.15, 0.2) is 6.26 Å². The fourth-order valence-corrected chi connectivity index (χ4v) is 0.542. The second kappa shape index (κ2) is 4.40. The average Bonchev–Trinajstić information content (AvgIpc) is 2.00. The first-order chi connectivity index (χ1) is 5.37. The molecule has 4 N–H and O–H groups in total. The van der Waals surface area contributed by atoms with Crippen LogP contribution in [0.3, 0.4) is 0 Å². The van der Waals surface area contributed by atoms with Crippen LogP contribution < -0.4 is 0 Å². The molecule has 0 radical (unpaired) electrons. The summed E-state index contributed by atoms with van der Waals surface area (Å²) in [4.78, 5) is 10.2. The van der Waals surface area contributed by atoms with Gasteiger partial charge >= 0.3 is 0 Å². The van der Waals surface area contributed by atoms with Crippen LogP contribution in [0.2, 0.25) is 0 Å². The highest BCUT2D eigenvalue weighted by Gasteiger charge is 2.27. The molecule has 66 valence electrons. The van der Waals surface area contributed by atoms with Crippen molar-refractivity contribution in [2.24, 2.45) is 0 Å². The van der Waals surface area contributed by atoms with Gasteiger partial charge < -0.3 is 25.2 Å². The molecule has 0 saturated heterocycles. The molecule has 0 heterocycles. The molecule has 0 aromatic carbocycles. The third-order valence-electron chi connectivity index (χ3n) is 1.29. The summed E-state index contributed by atoms with van der Waals surface area (Å²) in [5, 5.41) is 35.3. The minimum absolute atomic E-state index is 1.19. The van der Waals surface area contributed by atoms with Crippen LogP contribution in [-0.4, -0.2) is 51.1 Å². The zero-order valence-corrected chi connectivity index (χ0v) is 6.01. The molecule has 4 atom stereocenters. The van der Waals surface area contributed by atoms with Gasteiger partial charge in [-0.25, -0.2) is 0 Å². The van der Waals surface area contributed by atoms with Gasteiger partial charge in [-0.2, -0.15) is 0 Å². The van der Waals surface area contributed by atoms with Gasteiger partial charge in [0, 0.05) is 0 Å². The lowest BCUT2D eigenvalue weighted by Gasteiger charge is -2.21. The topological polar surface area (TPSA) is 98.0 Å². The van der Waals surface area contributed by atoms with Crippen molar-refractivity contribution in [3.63, 3.8) is 0 Å². The molecule has 0 spiro atoms. The van der Waals surface area contributed by atoms with E-state index in [1.54, 1.807) is 0 Å². The molecule has 0 aromatic rings. The van der Waals surface area contributed by atoms with Gasteiger partial charge in [0.25, 0.3) is 0 Å². The Morgan fingerprint density at radius 3 is 2.00 bits per heavy atom. The summed E-state index contributed by atoms with van der Waals surface area (Å²) in [6, 6.07) is 0. The molecule has 5 heteroatoms. The summed E-state index contributed by atoms with van der Waals surface area (Å²) in [7, 11) is 0. The van der Waals surface area contributed by atoms with Crippen molar-refractivity contribution in [1.29, 1.82) is 0 Å². The van der Waals surface area contributed by atoms with Gasteiger partial charge in [0.05, 0.1) is 6.10 Å². The number of hydrogen-bond donors (Lipinski definition) is 4. The van der Waals surface area contributed by atoms with Crippen molar-refractivity contribution >= 4 is 6.26 Å². The van der Waals surface area contributed by atoms with Crippen LogP contribution >= 0.6 is 0 Å². The summed E-state index contributed by atoms with van der Waals surface area (Å²) in [6.07, 6.45) is -8.10. The van der Waals surface area contributed by atoms with E-state index in [9.17, 15) is 4.79 Å². The van der Waals surface area contributed by atoms with Gasteiger partial charge in [0.1, 0.15) is 19.7 Å². The molecule has 0 rings (SSSR count). The fourth-order valence-electron chi connectivity index (χ4n) is 0.542. The zero-order chi connectivity index (χ0) is 9.89. The van der Waals surface area contributed by atoms with E-state index in [-0.39, 0.29) is 0 Å². The quantitative estimate of drug-likeness (QED) is 0.350. The van der Waals surface area contributed by atoms with Crippen molar-refractivity contribution < 1.29 is 26.6 Å². The fraction of sp³-hybridized carbons (Fsp3) is 0.833. The van der Waals surface area contributed by atoms with E-state index in [2.05, 4.69) is 0 Å². The van der Waals surface area contributed by atoms with Gasteiger partial charge in [-0.05, 0) is 6.92 Å². The normalized spacial score (nSPS) is 23.2. The number of aldehydes is 1. The molecular weight excluding hydrogens is 152 g/mol. The maximum atomic E-state index is 10.2. The smallest absolute Gasteiger partial charge is 0.151 e. The van der Waals surface area contributed by atoms with E-state index in [1.807, 2.05) is 0 Å². The maximum absolute atomic E-state index is 10.2. The van der Waals surface area contributed by atoms with Gasteiger partial charge in [-0.3, -0.25) is 0 Å². The predicted octanol–water partition coefficient (Wildman–Crippen LogP) is -2.35. The third-order valence-corrected chi connectivity index (χ3v) is 1.29. The predicted molar refractivity (Wildman–Crippen MR) is 35.8 cm³/mol. The minimum atomic E-state index is -1.98. The van der Waals surface area contributed by atoms with Crippen LogP contribution in [0.15, 0.2) is 0 Å². The molecule has 0 amide bonds. The average molecular weight is 165 g/mol. The number of aliphatic hydroxyl groups excluding tert-OH is 4. The van der Waals surface area contributed by atoms with Crippen LogP contribution in [0.5, 0.6) is 0 Å². The summed E-state index contributed by atoms with van der Waals surface area (Å²) in [6.45, 7) is 1.19. The molecule has 0 unspecified atom stereocenters. The first-order valence-corrected chi connectivity index (χ1v) is 3.10. The van der Waals surface area contributed by atoms with E-state index in [4.69, 9.17) is 21.8 Å². The Hall–Kier alpha value is -0.490. The van der Waals surface area contributed by atoms with Gasteiger partial charge in [-0.15, -0.1) is 0 Å². The molecule has 0 fully saturated rings. The van der Waals surface area contributed by atoms with Crippen molar-refractivity contribution in [2.75, 3.05) is 0 Å². The molecule has 0 aliphatic carbocycles. The Labute approximate surface area is 65.3 Å². The Balaban J connectivity index is 4.18. The van der Waals surface area contributed by atoms with E-state index < -0.39 is 30.7 Å². The van der Waals surface area contributed by atoms with Crippen LogP contribution in [-0.2, 0) is 4.79 Å². The Morgan fingerprint density at radius 1 is 1.27 bits per heavy atom. The molecule has 0 bridgehead atoms. The van der Waals surface area contributed by atoms with Gasteiger partial charge in [0.2, 0.25) is 0 Å². The lowest BCUT2D eigenvalue weighted by molar-refractivity contribution is -0.132. The van der Waals surface area contributed by atoms with Crippen LogP contribution in [0.1, 0.15) is 8.29 Å². The molecule has 0 saturated carbocycles. The first-order valence-electron chi connectivity index (χ1n) is 3.60. The largest absolute Gasteiger partial charge is 0.391 e. The second-order valence-corrected chi connectivity index (χ2v) is 2.28. The SMILES string of the molecule is [2H]C(=O)[C@H](O)[C@H](O)[C@H](O)[C@@H](C)O. The minimum Gasteiger partial charge on any atom is -0.391 e. The van der Waals surface area contributed by atoms with Crippen LogP contribution in [0.25, 0.3) is 0 Å². The van der Waals surface area contributed by atoms with Gasteiger partial charge in [-0.1, -0.05) is 0 Å². The molecule has 0 aliphatic heterocycles. The Bertz CT molecular complexity index is 160. The highest BCUT2D eigenvalue weighted by Crippen LogP contribution is 2.02. The van der Waals surface area contributed by atoms with E-state index in [0.717, 1.165) is 0 Å². The standard InChI is InChI=1S/C6H12O5/c1-3(8)5(10)6(11)4(9)2-7/h2-6,8-11H,1H3/t3-,4+,5-,6+/m1/s1/i2D. The van der Waals surface area contributed by atoms with Crippen LogP contribution in [0, 0.1) is 0 Å². The lowest BCUT2D eigenvalue weighted by atomic mass is 10.1. The second-order valence-electron chi connectivity index (χ2n) is 2.28. The van der Waals surface area contributed by atoms with Crippen molar-refractivity contribution in [2.45, 2.75) is 31.3 Å². The van der Waals surface area contributed by atoms with E-state index in [0.29, 0.717) is 0 Å². The molecule has 11 heavy (non-hydrogen) atoms. The zero-order valence-electron chi connectivity index (χ0n) is 7.01. The number of carbonyl (C=O) groups excluding carboxylic acids is 1. The van der Waals surface area contributed by atoms with Crippen molar-refractivity contribution in [3.05, 3.63) is 0 Å². The first kappa shape index (κ1) is 8.61. The Morgan fingerprint density at radius 2 is 1.73 bits per heavy atom. The number of rotatable bonds is 4. The highest BCUT2D eigenvalue weighted by molar-refractivity contribution is 5.56. The number of aliphatic hydroxyl groups is 4. The highest BCUT2D eigenvalue weighted by atomic mass is 16.4. The Kier molecular flexibility index (Phi) is 3.44. The van der Waals surface area contributed by atoms with Crippen LogP contribution in [0.4, 0.5) is 0 Å². The molecule has 5 nitrogen and oxygen atoms in total.